The van der Waals surface area contributed by atoms with Crippen molar-refractivity contribution in [2.45, 2.75) is 64.2 Å². The van der Waals surface area contributed by atoms with Gasteiger partial charge in [0, 0.05) is 12.5 Å². The molecule has 9 nitrogen and oxygen atoms in total. The van der Waals surface area contributed by atoms with Crippen molar-refractivity contribution in [1.82, 2.24) is 0 Å². The van der Waals surface area contributed by atoms with E-state index in [-0.39, 0.29) is 35.3 Å². The van der Waals surface area contributed by atoms with E-state index in [1.165, 1.54) is 6.08 Å². The molecule has 228 valence electrons. The standard InChI is InChI=1S/C15H20O5S.C15H22O4S/c1-5-6-13(15(16)17)9-20-21(18,19)14-11(3)7-10(2)8-12(14)4;1-5-6-14(9-16)10-19-20(17,18)15-12(3)7-11(2)8-13(15)4/h5,7-8,13H,1,6,9H2,2-4H3,(H,16,17);5,7-8,14,16H,1,6,9-10H2,2-4H3/t13-;14-/m01/s1. The summed E-state index contributed by atoms with van der Waals surface area (Å²) >= 11 is 0. The van der Waals surface area contributed by atoms with Crippen LogP contribution in [-0.2, 0) is 33.4 Å². The minimum Gasteiger partial charge on any atom is -0.481 e. The SMILES string of the molecule is C=CC[C@@H](COS(=O)(=O)c1c(C)cc(C)cc1C)C(=O)O.C=CC[C@H](CO)COS(=O)(=O)c1c(C)cc(C)cc1C. The van der Waals surface area contributed by atoms with Crippen molar-refractivity contribution in [3.63, 3.8) is 0 Å². The number of hydrogen-bond acceptors (Lipinski definition) is 8. The van der Waals surface area contributed by atoms with Gasteiger partial charge in [-0.3, -0.25) is 13.2 Å². The highest BCUT2D eigenvalue weighted by Gasteiger charge is 2.25. The Morgan fingerprint density at radius 3 is 1.44 bits per heavy atom. The van der Waals surface area contributed by atoms with Crippen LogP contribution in [0.5, 0.6) is 0 Å². The lowest BCUT2D eigenvalue weighted by atomic mass is 10.1. The Hall–Kier alpha value is -2.83. The van der Waals surface area contributed by atoms with Crippen LogP contribution in [0.3, 0.4) is 0 Å². The molecule has 2 aromatic carbocycles. The third-order valence-corrected chi connectivity index (χ3v) is 9.33. The minimum atomic E-state index is -3.98. The molecule has 2 atom stereocenters. The van der Waals surface area contributed by atoms with Gasteiger partial charge in [-0.15, -0.1) is 13.2 Å². The van der Waals surface area contributed by atoms with Gasteiger partial charge >= 0.3 is 5.97 Å². The number of carboxylic acids is 1. The molecule has 0 saturated heterocycles. The van der Waals surface area contributed by atoms with Crippen molar-refractivity contribution < 1.29 is 40.2 Å². The maximum absolute atomic E-state index is 12.3. The molecule has 0 aliphatic heterocycles. The summed E-state index contributed by atoms with van der Waals surface area (Å²) in [6.45, 7) is 17.1. The van der Waals surface area contributed by atoms with E-state index in [0.717, 1.165) is 11.1 Å². The van der Waals surface area contributed by atoms with Gasteiger partial charge in [0.1, 0.15) is 0 Å². The molecule has 0 bridgehead atoms. The summed E-state index contributed by atoms with van der Waals surface area (Å²) in [5.74, 6) is -2.29. The van der Waals surface area contributed by atoms with E-state index in [9.17, 15) is 21.6 Å². The van der Waals surface area contributed by atoms with E-state index in [4.69, 9.17) is 18.6 Å². The van der Waals surface area contributed by atoms with Crippen LogP contribution in [-0.4, -0.2) is 52.8 Å². The summed E-state index contributed by atoms with van der Waals surface area (Å²) in [7, 11) is -7.79. The van der Waals surface area contributed by atoms with Crippen LogP contribution >= 0.6 is 0 Å². The largest absolute Gasteiger partial charge is 0.481 e. The molecule has 0 amide bonds. The van der Waals surface area contributed by atoms with E-state index >= 15 is 0 Å². The third-order valence-electron chi connectivity index (χ3n) is 6.15. The highest BCUT2D eigenvalue weighted by atomic mass is 32.2. The minimum absolute atomic E-state index is 0.0440. The van der Waals surface area contributed by atoms with E-state index in [0.29, 0.717) is 28.7 Å². The molecular weight excluding hydrogens is 568 g/mol. The number of rotatable bonds is 14. The summed E-state index contributed by atoms with van der Waals surface area (Å²) in [5, 5.41) is 18.1. The number of carboxylic acid groups (broad SMARTS) is 1. The van der Waals surface area contributed by atoms with Crippen LogP contribution in [0.4, 0.5) is 0 Å². The first-order valence-electron chi connectivity index (χ1n) is 13.0. The summed E-state index contributed by atoms with van der Waals surface area (Å²) < 4.78 is 59.1. The third kappa shape index (κ3) is 10.8. The fourth-order valence-corrected chi connectivity index (χ4v) is 7.23. The van der Waals surface area contributed by atoms with Crippen LogP contribution in [0.25, 0.3) is 0 Å². The number of aliphatic hydroxyl groups is 1. The van der Waals surface area contributed by atoms with E-state index < -0.39 is 38.7 Å². The average molecular weight is 611 g/mol. The summed E-state index contributed by atoms with van der Waals surface area (Å²) in [6.07, 6.45) is 3.73. The normalized spacial score (nSPS) is 13.0. The molecule has 2 N–H and O–H groups in total. The number of benzene rings is 2. The van der Waals surface area contributed by atoms with Gasteiger partial charge in [0.2, 0.25) is 0 Å². The van der Waals surface area contributed by atoms with E-state index in [2.05, 4.69) is 13.2 Å². The van der Waals surface area contributed by atoms with E-state index in [1.54, 1.807) is 45.9 Å². The number of carbonyl (C=O) groups is 1. The molecule has 2 rings (SSSR count). The van der Waals surface area contributed by atoms with Crippen molar-refractivity contribution >= 4 is 26.2 Å². The van der Waals surface area contributed by atoms with Gasteiger partial charge in [-0.2, -0.15) is 16.8 Å². The summed E-state index contributed by atoms with van der Waals surface area (Å²) in [5.41, 5.74) is 4.49. The molecule has 0 aliphatic rings. The maximum atomic E-state index is 12.3. The predicted octanol–water partition coefficient (Wildman–Crippen LogP) is 5.10. The maximum Gasteiger partial charge on any atom is 0.309 e. The van der Waals surface area contributed by atoms with Gasteiger partial charge in [0.15, 0.2) is 0 Å². The molecule has 0 fully saturated rings. The molecule has 2 aromatic rings. The molecule has 0 aliphatic carbocycles. The molecule has 0 unspecified atom stereocenters. The van der Waals surface area contributed by atoms with Crippen LogP contribution in [0.2, 0.25) is 0 Å². The smallest absolute Gasteiger partial charge is 0.309 e. The van der Waals surface area contributed by atoms with Gasteiger partial charge in [-0.25, -0.2) is 0 Å². The number of aliphatic hydroxyl groups excluding tert-OH is 1. The first-order valence-corrected chi connectivity index (χ1v) is 15.8. The topological polar surface area (TPSA) is 144 Å². The lowest BCUT2D eigenvalue weighted by Crippen LogP contribution is -2.22. The molecule has 0 aromatic heterocycles. The fourth-order valence-electron chi connectivity index (χ4n) is 4.47. The van der Waals surface area contributed by atoms with Crippen LogP contribution in [0.15, 0.2) is 59.4 Å². The van der Waals surface area contributed by atoms with Crippen molar-refractivity contribution in [3.8, 4) is 0 Å². The monoisotopic (exact) mass is 610 g/mol. The lowest BCUT2D eigenvalue weighted by Gasteiger charge is -2.15. The number of hydrogen-bond donors (Lipinski definition) is 2. The summed E-state index contributed by atoms with van der Waals surface area (Å²) in [4.78, 5) is 11.3. The quantitative estimate of drug-likeness (QED) is 0.221. The molecule has 0 heterocycles. The van der Waals surface area contributed by atoms with Crippen molar-refractivity contribution in [2.75, 3.05) is 19.8 Å². The second kappa shape index (κ2) is 16.0. The molecular formula is C30H42O9S2. The zero-order valence-electron chi connectivity index (χ0n) is 24.6. The average Bonchev–Trinajstić information content (AvgIpc) is 2.82. The molecule has 0 spiro atoms. The highest BCUT2D eigenvalue weighted by molar-refractivity contribution is 7.87. The lowest BCUT2D eigenvalue weighted by molar-refractivity contribution is -0.142. The second-order valence-corrected chi connectivity index (χ2v) is 13.2. The van der Waals surface area contributed by atoms with Gasteiger partial charge in [0.05, 0.1) is 28.9 Å². The Morgan fingerprint density at radius 1 is 0.756 bits per heavy atom. The Bertz CT molecular complexity index is 1400. The van der Waals surface area contributed by atoms with Crippen molar-refractivity contribution in [3.05, 3.63) is 83.0 Å². The second-order valence-electron chi connectivity index (χ2n) is 10.1. The van der Waals surface area contributed by atoms with Crippen molar-refractivity contribution in [2.24, 2.45) is 11.8 Å². The van der Waals surface area contributed by atoms with E-state index in [1.807, 2.05) is 26.0 Å². The first-order chi connectivity index (χ1) is 19.0. The number of allylic oxidation sites excluding steroid dienone is 2. The first kappa shape index (κ1) is 36.2. The zero-order valence-corrected chi connectivity index (χ0v) is 26.3. The Kier molecular flexibility index (Phi) is 14.1. The summed E-state index contributed by atoms with van der Waals surface area (Å²) in [6, 6.07) is 7.14. The number of aryl methyl sites for hydroxylation is 6. The fraction of sp³-hybridized carbons (Fsp3) is 0.433. The Balaban J connectivity index is 0.000000410. The van der Waals surface area contributed by atoms with Gasteiger partial charge in [-0.05, 0) is 76.6 Å². The van der Waals surface area contributed by atoms with Crippen molar-refractivity contribution in [1.29, 1.82) is 0 Å². The molecule has 0 radical (unpaired) electrons. The van der Waals surface area contributed by atoms with Gasteiger partial charge in [-0.1, -0.05) is 47.5 Å². The Labute approximate surface area is 244 Å². The number of aliphatic carboxylic acids is 1. The predicted molar refractivity (Wildman–Crippen MR) is 159 cm³/mol. The molecule has 41 heavy (non-hydrogen) atoms. The molecule has 11 heteroatoms. The zero-order chi connectivity index (χ0) is 31.5. The van der Waals surface area contributed by atoms with Gasteiger partial charge in [0.25, 0.3) is 20.2 Å². The Morgan fingerprint density at radius 2 is 1.12 bits per heavy atom. The van der Waals surface area contributed by atoms with Crippen LogP contribution in [0.1, 0.15) is 46.2 Å². The highest BCUT2D eigenvalue weighted by Crippen LogP contribution is 2.25. The van der Waals surface area contributed by atoms with Crippen LogP contribution in [0, 0.1) is 53.4 Å². The van der Waals surface area contributed by atoms with Gasteiger partial charge < -0.3 is 10.2 Å². The molecule has 0 saturated carbocycles. The van der Waals surface area contributed by atoms with Crippen LogP contribution < -0.4 is 0 Å².